The molecule has 5 nitrogen and oxygen atoms in total. The third-order valence-electron chi connectivity index (χ3n) is 7.52. The van der Waals surface area contributed by atoms with E-state index in [1.807, 2.05) is 10.6 Å². The number of hydrogen-bond donors (Lipinski definition) is 1. The number of halogens is 2. The van der Waals surface area contributed by atoms with E-state index in [0.29, 0.717) is 16.8 Å². The Labute approximate surface area is 205 Å². The monoisotopic (exact) mass is 481 g/mol. The summed E-state index contributed by atoms with van der Waals surface area (Å²) >= 11 is 0. The fraction of sp³-hybridized carbons (Fsp3) is 0.207. The van der Waals surface area contributed by atoms with E-state index < -0.39 is 23.2 Å². The van der Waals surface area contributed by atoms with Gasteiger partial charge in [-0.3, -0.25) is 4.99 Å². The van der Waals surface area contributed by atoms with Crippen LogP contribution in [0.2, 0.25) is 0 Å². The molecule has 4 aromatic rings. The predicted molar refractivity (Wildman–Crippen MR) is 133 cm³/mol. The average Bonchev–Trinajstić information content (AvgIpc) is 3.37. The largest absolute Gasteiger partial charge is 0.478 e. The second-order valence-corrected chi connectivity index (χ2v) is 9.52. The van der Waals surface area contributed by atoms with Crippen LogP contribution in [0.5, 0.6) is 0 Å². The van der Waals surface area contributed by atoms with Crippen LogP contribution in [0, 0.1) is 17.1 Å². The molecule has 0 unspecified atom stereocenters. The molecule has 178 valence electrons. The number of hydrogen-bond acceptors (Lipinski definition) is 3. The van der Waals surface area contributed by atoms with Gasteiger partial charge in [0, 0.05) is 39.7 Å². The van der Waals surface area contributed by atoms with Crippen molar-refractivity contribution >= 4 is 22.8 Å². The van der Waals surface area contributed by atoms with Crippen LogP contribution in [0.25, 0.3) is 27.7 Å². The standard InChI is InChI=1S/C29H21F2N3O2/c30-20-3-1-4-21(14-20)34-24-15-22-19(16-33-27(22)31)13-23(24)25(17-5-7-18(8-6-17)28(35)36)26(34)29(11-12-32)9-2-10-29/h1,3-8,13-15H,2,9-11,16H2,(H,35,36). The number of nitriles is 1. The van der Waals surface area contributed by atoms with Gasteiger partial charge in [-0.1, -0.05) is 24.6 Å². The average molecular weight is 482 g/mol. The first-order valence-corrected chi connectivity index (χ1v) is 11.8. The maximum absolute atomic E-state index is 14.6. The first kappa shape index (κ1) is 22.2. The molecule has 0 radical (unpaired) electrons. The van der Waals surface area contributed by atoms with E-state index in [0.717, 1.165) is 47.0 Å². The Kier molecular flexibility index (Phi) is 5.01. The van der Waals surface area contributed by atoms with Crippen molar-refractivity contribution in [2.24, 2.45) is 4.99 Å². The van der Waals surface area contributed by atoms with E-state index in [1.165, 1.54) is 12.1 Å². The fourth-order valence-corrected chi connectivity index (χ4v) is 5.65. The molecule has 1 saturated carbocycles. The zero-order valence-electron chi connectivity index (χ0n) is 19.3. The molecule has 0 bridgehead atoms. The Bertz CT molecular complexity index is 1620. The molecule has 36 heavy (non-hydrogen) atoms. The van der Waals surface area contributed by atoms with Gasteiger partial charge in [0.05, 0.1) is 23.7 Å². The van der Waals surface area contributed by atoms with Crippen molar-refractivity contribution in [2.45, 2.75) is 37.6 Å². The maximum Gasteiger partial charge on any atom is 0.335 e. The Morgan fingerprint density at radius 2 is 1.89 bits per heavy atom. The van der Waals surface area contributed by atoms with Gasteiger partial charge in [0.25, 0.3) is 0 Å². The SMILES string of the molecule is N#CCC1(c2c(-c3ccc(C(=O)O)cc3)c3cc4c(cc3n2-c2cccc(F)c2)C(F)=NC4)CCC1. The van der Waals surface area contributed by atoms with Gasteiger partial charge in [-0.2, -0.15) is 9.65 Å². The Hall–Kier alpha value is -4.31. The minimum atomic E-state index is -1.02. The van der Waals surface area contributed by atoms with Crippen molar-refractivity contribution in [2.75, 3.05) is 0 Å². The van der Waals surface area contributed by atoms with Crippen LogP contribution in [0.4, 0.5) is 8.78 Å². The Morgan fingerprint density at radius 3 is 2.53 bits per heavy atom. The summed E-state index contributed by atoms with van der Waals surface area (Å²) < 4.78 is 31.0. The number of carboxylic acid groups (broad SMARTS) is 1. The molecular formula is C29H21F2N3O2. The van der Waals surface area contributed by atoms with Gasteiger partial charge in [0.1, 0.15) is 5.82 Å². The molecule has 1 aliphatic carbocycles. The van der Waals surface area contributed by atoms with E-state index in [4.69, 9.17) is 0 Å². The summed E-state index contributed by atoms with van der Waals surface area (Å²) in [5.41, 5.74) is 4.69. The molecule has 1 N–H and O–H groups in total. The van der Waals surface area contributed by atoms with E-state index in [-0.39, 0.29) is 18.5 Å². The van der Waals surface area contributed by atoms with Gasteiger partial charge in [0.2, 0.25) is 5.97 Å². The number of carbonyl (C=O) groups is 1. The van der Waals surface area contributed by atoms with Crippen LogP contribution in [-0.2, 0) is 12.0 Å². The van der Waals surface area contributed by atoms with Crippen molar-refractivity contribution in [3.8, 4) is 22.9 Å². The number of benzene rings is 3. The molecular weight excluding hydrogens is 460 g/mol. The number of fused-ring (bicyclic) bond motifs is 2. The minimum Gasteiger partial charge on any atom is -0.478 e. The lowest BCUT2D eigenvalue weighted by Gasteiger charge is -2.42. The van der Waals surface area contributed by atoms with E-state index >= 15 is 0 Å². The fourth-order valence-electron chi connectivity index (χ4n) is 5.65. The molecule has 1 aromatic heterocycles. The third-order valence-corrected chi connectivity index (χ3v) is 7.52. The summed E-state index contributed by atoms with van der Waals surface area (Å²) in [7, 11) is 0. The summed E-state index contributed by atoms with van der Waals surface area (Å²) in [4.78, 5) is 15.4. The molecule has 0 spiro atoms. The summed E-state index contributed by atoms with van der Waals surface area (Å²) in [5, 5.41) is 20.0. The minimum absolute atomic E-state index is 0.168. The number of carboxylic acids is 1. The number of aliphatic imine (C=N–C) groups is 1. The van der Waals surface area contributed by atoms with Gasteiger partial charge in [-0.25, -0.2) is 9.18 Å². The normalized spacial score (nSPS) is 15.8. The highest BCUT2D eigenvalue weighted by molar-refractivity contribution is 6.06. The summed E-state index contributed by atoms with van der Waals surface area (Å²) in [5.74, 6) is -1.94. The van der Waals surface area contributed by atoms with Crippen LogP contribution >= 0.6 is 0 Å². The highest BCUT2D eigenvalue weighted by Crippen LogP contribution is 2.53. The van der Waals surface area contributed by atoms with E-state index in [9.17, 15) is 23.9 Å². The molecule has 0 amide bonds. The summed E-state index contributed by atoms with van der Waals surface area (Å²) in [6, 6.07) is 18.9. The zero-order chi connectivity index (χ0) is 25.0. The van der Waals surface area contributed by atoms with Crippen molar-refractivity contribution < 1.29 is 18.7 Å². The van der Waals surface area contributed by atoms with Crippen LogP contribution in [0.15, 0.2) is 65.7 Å². The molecule has 3 aromatic carbocycles. The second-order valence-electron chi connectivity index (χ2n) is 9.52. The van der Waals surface area contributed by atoms with Crippen LogP contribution in [-0.4, -0.2) is 21.6 Å². The summed E-state index contributed by atoms with van der Waals surface area (Å²) in [6.45, 7) is 0.234. The number of nitrogens with zero attached hydrogens (tertiary/aromatic N) is 3. The van der Waals surface area contributed by atoms with Crippen LogP contribution in [0.1, 0.15) is 52.9 Å². The van der Waals surface area contributed by atoms with Crippen molar-refractivity contribution in [1.29, 1.82) is 5.26 Å². The Balaban J connectivity index is 1.76. The van der Waals surface area contributed by atoms with Gasteiger partial charge in [-0.05, 0) is 66.4 Å². The van der Waals surface area contributed by atoms with Crippen LogP contribution in [0.3, 0.4) is 0 Å². The van der Waals surface area contributed by atoms with Crippen LogP contribution < -0.4 is 0 Å². The summed E-state index contributed by atoms with van der Waals surface area (Å²) in [6.07, 6.45) is 2.83. The lowest BCUT2D eigenvalue weighted by molar-refractivity contribution is 0.0697. The van der Waals surface area contributed by atoms with Crippen molar-refractivity contribution in [3.63, 3.8) is 0 Å². The zero-order valence-corrected chi connectivity index (χ0v) is 19.3. The third kappa shape index (κ3) is 3.25. The quantitative estimate of drug-likeness (QED) is 0.345. The smallest absolute Gasteiger partial charge is 0.335 e. The number of aromatic carboxylic acids is 1. The first-order chi connectivity index (χ1) is 17.4. The molecule has 0 saturated heterocycles. The molecule has 1 aliphatic heterocycles. The van der Waals surface area contributed by atoms with E-state index in [1.54, 1.807) is 42.5 Å². The van der Waals surface area contributed by atoms with Gasteiger partial charge < -0.3 is 9.67 Å². The molecule has 0 atom stereocenters. The molecule has 2 aliphatic rings. The Morgan fingerprint density at radius 1 is 1.11 bits per heavy atom. The van der Waals surface area contributed by atoms with Gasteiger partial charge >= 0.3 is 5.97 Å². The molecule has 7 heteroatoms. The lowest BCUT2D eigenvalue weighted by atomic mass is 9.63. The van der Waals surface area contributed by atoms with Gasteiger partial charge in [0.15, 0.2) is 0 Å². The van der Waals surface area contributed by atoms with E-state index in [2.05, 4.69) is 11.1 Å². The maximum atomic E-state index is 14.6. The molecule has 6 rings (SSSR count). The first-order valence-electron chi connectivity index (χ1n) is 11.8. The number of rotatable bonds is 5. The van der Waals surface area contributed by atoms with Crippen molar-refractivity contribution in [3.05, 3.63) is 88.9 Å². The molecule has 1 fully saturated rings. The number of aromatic nitrogens is 1. The second kappa shape index (κ2) is 8.13. The highest BCUT2D eigenvalue weighted by Gasteiger charge is 2.44. The molecule has 2 heterocycles. The lowest BCUT2D eigenvalue weighted by Crippen LogP contribution is -2.36. The topological polar surface area (TPSA) is 78.4 Å². The van der Waals surface area contributed by atoms with Gasteiger partial charge in [-0.15, -0.1) is 0 Å². The van der Waals surface area contributed by atoms with Crippen molar-refractivity contribution in [1.82, 2.24) is 4.57 Å². The predicted octanol–water partition coefficient (Wildman–Crippen LogP) is 6.70. The highest BCUT2D eigenvalue weighted by atomic mass is 19.1.